The molecular weight excluding hydrogens is 344 g/mol. The number of rotatable bonds is 3. The lowest BCUT2D eigenvalue weighted by atomic mass is 10.0. The van der Waals surface area contributed by atoms with E-state index in [1.165, 1.54) is 0 Å². The van der Waals surface area contributed by atoms with Crippen molar-refractivity contribution in [3.8, 4) is 11.5 Å². The summed E-state index contributed by atoms with van der Waals surface area (Å²) in [5, 5.41) is 0.467. The first kappa shape index (κ1) is 13.5. The van der Waals surface area contributed by atoms with Gasteiger partial charge in [0.1, 0.15) is 0 Å². The highest BCUT2D eigenvalue weighted by Crippen LogP contribution is 2.37. The second kappa shape index (κ2) is 5.46. The first-order valence-corrected chi connectivity index (χ1v) is 7.18. The average molecular weight is 354 g/mol. The molecule has 1 aliphatic heterocycles. The summed E-state index contributed by atoms with van der Waals surface area (Å²) in [5.41, 5.74) is 1.37. The van der Waals surface area contributed by atoms with Crippen molar-refractivity contribution in [2.75, 3.05) is 6.79 Å². The number of carbonyl (C=O) groups excluding carboxylic acids is 1. The summed E-state index contributed by atoms with van der Waals surface area (Å²) in [5.74, 6) is 1.32. The molecule has 2 aromatic carbocycles. The van der Waals surface area contributed by atoms with Gasteiger partial charge in [0.25, 0.3) is 0 Å². The molecule has 0 amide bonds. The Morgan fingerprint density at radius 1 is 1.20 bits per heavy atom. The summed E-state index contributed by atoms with van der Waals surface area (Å²) >= 11 is 9.49. The molecule has 0 unspecified atom stereocenters. The van der Waals surface area contributed by atoms with Crippen molar-refractivity contribution in [3.63, 3.8) is 0 Å². The van der Waals surface area contributed by atoms with E-state index >= 15 is 0 Å². The fraction of sp³-hybridized carbons (Fsp3) is 0.133. The fourth-order valence-electron chi connectivity index (χ4n) is 2.05. The van der Waals surface area contributed by atoms with E-state index in [4.69, 9.17) is 21.1 Å². The van der Waals surface area contributed by atoms with E-state index in [2.05, 4.69) is 15.9 Å². The molecule has 5 heteroatoms. The zero-order valence-electron chi connectivity index (χ0n) is 10.4. The van der Waals surface area contributed by atoms with Crippen LogP contribution in [0.15, 0.2) is 40.9 Å². The Hall–Kier alpha value is -1.52. The number of halogens is 2. The molecule has 0 atom stereocenters. The number of ketones is 1. The minimum atomic E-state index is -0.0323. The molecule has 0 aliphatic carbocycles. The predicted molar refractivity (Wildman–Crippen MR) is 79.8 cm³/mol. The molecule has 3 rings (SSSR count). The van der Waals surface area contributed by atoms with Gasteiger partial charge < -0.3 is 9.47 Å². The predicted octanol–water partition coefficient (Wildman–Crippen LogP) is 4.26. The number of hydrogen-bond acceptors (Lipinski definition) is 3. The van der Waals surface area contributed by atoms with Gasteiger partial charge in [-0.05, 0) is 29.8 Å². The number of hydrogen-bond donors (Lipinski definition) is 0. The van der Waals surface area contributed by atoms with E-state index in [9.17, 15) is 4.79 Å². The standard InChI is InChI=1S/C15H10BrClO3/c16-11-7-15-14(19-8-20-15)6-9(11)5-13(18)10-3-1-2-4-12(10)17/h1-4,6-7H,5,8H2. The number of carbonyl (C=O) groups is 1. The third-order valence-electron chi connectivity index (χ3n) is 3.07. The molecule has 1 aliphatic rings. The summed E-state index contributed by atoms with van der Waals surface area (Å²) in [6, 6.07) is 10.7. The number of ether oxygens (including phenoxy) is 2. The summed E-state index contributed by atoms with van der Waals surface area (Å²) in [4.78, 5) is 12.3. The van der Waals surface area contributed by atoms with Crippen molar-refractivity contribution in [2.24, 2.45) is 0 Å². The maximum Gasteiger partial charge on any atom is 0.231 e. The molecular formula is C15H10BrClO3. The molecule has 0 bridgehead atoms. The van der Waals surface area contributed by atoms with E-state index in [1.54, 1.807) is 24.3 Å². The lowest BCUT2D eigenvalue weighted by Gasteiger charge is -2.07. The average Bonchev–Trinajstić information content (AvgIpc) is 2.86. The monoisotopic (exact) mass is 352 g/mol. The first-order chi connectivity index (χ1) is 9.65. The van der Waals surface area contributed by atoms with Crippen LogP contribution in [-0.4, -0.2) is 12.6 Å². The maximum atomic E-state index is 12.3. The summed E-state index contributed by atoms with van der Waals surface area (Å²) in [7, 11) is 0. The highest BCUT2D eigenvalue weighted by molar-refractivity contribution is 9.10. The lowest BCUT2D eigenvalue weighted by Crippen LogP contribution is -2.04. The van der Waals surface area contributed by atoms with E-state index in [0.717, 1.165) is 10.0 Å². The van der Waals surface area contributed by atoms with Crippen LogP contribution in [0.1, 0.15) is 15.9 Å². The van der Waals surface area contributed by atoms with Crippen LogP contribution in [0.2, 0.25) is 5.02 Å². The normalized spacial score (nSPS) is 12.5. The Bertz CT molecular complexity index is 685. The summed E-state index contributed by atoms with van der Waals surface area (Å²) < 4.78 is 11.4. The third-order valence-corrected chi connectivity index (χ3v) is 4.13. The molecule has 102 valence electrons. The lowest BCUT2D eigenvalue weighted by molar-refractivity contribution is 0.0993. The second-order valence-electron chi connectivity index (χ2n) is 4.38. The highest BCUT2D eigenvalue weighted by atomic mass is 79.9. The van der Waals surface area contributed by atoms with Crippen molar-refractivity contribution in [1.29, 1.82) is 0 Å². The van der Waals surface area contributed by atoms with E-state index in [-0.39, 0.29) is 19.0 Å². The highest BCUT2D eigenvalue weighted by Gasteiger charge is 2.19. The van der Waals surface area contributed by atoms with Gasteiger partial charge in [-0.2, -0.15) is 0 Å². The van der Waals surface area contributed by atoms with Crippen LogP contribution in [0.25, 0.3) is 0 Å². The van der Waals surface area contributed by atoms with Gasteiger partial charge in [-0.1, -0.05) is 39.7 Å². The SMILES string of the molecule is O=C(Cc1cc2c(cc1Br)OCO2)c1ccccc1Cl. The van der Waals surface area contributed by atoms with Gasteiger partial charge in [0.15, 0.2) is 17.3 Å². The van der Waals surface area contributed by atoms with Crippen LogP contribution >= 0.6 is 27.5 Å². The molecule has 0 radical (unpaired) electrons. The van der Waals surface area contributed by atoms with Crippen LogP contribution in [0.3, 0.4) is 0 Å². The quantitative estimate of drug-likeness (QED) is 0.774. The molecule has 1 heterocycles. The Kier molecular flexibility index (Phi) is 3.68. The molecule has 0 N–H and O–H groups in total. The molecule has 0 saturated heterocycles. The van der Waals surface area contributed by atoms with Crippen molar-refractivity contribution in [2.45, 2.75) is 6.42 Å². The van der Waals surface area contributed by atoms with Gasteiger partial charge in [-0.25, -0.2) is 0 Å². The Labute approximate surface area is 129 Å². The molecule has 0 saturated carbocycles. The van der Waals surface area contributed by atoms with E-state index in [1.807, 2.05) is 12.1 Å². The van der Waals surface area contributed by atoms with E-state index in [0.29, 0.717) is 22.1 Å². The van der Waals surface area contributed by atoms with Crippen molar-refractivity contribution in [3.05, 3.63) is 57.0 Å². The van der Waals surface area contributed by atoms with Gasteiger partial charge in [0, 0.05) is 16.5 Å². The third kappa shape index (κ3) is 2.53. The molecule has 2 aromatic rings. The minimum absolute atomic E-state index is 0.0323. The number of benzene rings is 2. The molecule has 0 aromatic heterocycles. The van der Waals surface area contributed by atoms with Crippen LogP contribution in [-0.2, 0) is 6.42 Å². The smallest absolute Gasteiger partial charge is 0.231 e. The Morgan fingerprint density at radius 3 is 2.65 bits per heavy atom. The molecule has 0 fully saturated rings. The second-order valence-corrected chi connectivity index (χ2v) is 5.64. The summed E-state index contributed by atoms with van der Waals surface area (Å²) in [6.45, 7) is 0.212. The first-order valence-electron chi connectivity index (χ1n) is 6.01. The fourth-order valence-corrected chi connectivity index (χ4v) is 2.75. The largest absolute Gasteiger partial charge is 0.454 e. The summed E-state index contributed by atoms with van der Waals surface area (Å²) in [6.07, 6.45) is 0.251. The van der Waals surface area contributed by atoms with Crippen molar-refractivity contribution >= 4 is 33.3 Å². The maximum absolute atomic E-state index is 12.3. The van der Waals surface area contributed by atoms with Crippen LogP contribution in [0, 0.1) is 0 Å². The molecule has 3 nitrogen and oxygen atoms in total. The van der Waals surface area contributed by atoms with Gasteiger partial charge >= 0.3 is 0 Å². The van der Waals surface area contributed by atoms with E-state index < -0.39 is 0 Å². The topological polar surface area (TPSA) is 35.5 Å². The van der Waals surface area contributed by atoms with Crippen molar-refractivity contribution in [1.82, 2.24) is 0 Å². The Morgan fingerprint density at radius 2 is 1.90 bits per heavy atom. The Balaban J connectivity index is 1.88. The zero-order valence-corrected chi connectivity index (χ0v) is 12.7. The van der Waals surface area contributed by atoms with Crippen molar-refractivity contribution < 1.29 is 14.3 Å². The van der Waals surface area contributed by atoms with Gasteiger partial charge in [-0.15, -0.1) is 0 Å². The molecule has 0 spiro atoms. The minimum Gasteiger partial charge on any atom is -0.454 e. The van der Waals surface area contributed by atoms with Crippen LogP contribution < -0.4 is 9.47 Å². The van der Waals surface area contributed by atoms with Crippen LogP contribution in [0.5, 0.6) is 11.5 Å². The van der Waals surface area contributed by atoms with Gasteiger partial charge in [0.05, 0.1) is 5.02 Å². The molecule has 20 heavy (non-hydrogen) atoms. The zero-order chi connectivity index (χ0) is 14.1. The van der Waals surface area contributed by atoms with Gasteiger partial charge in [-0.3, -0.25) is 4.79 Å². The van der Waals surface area contributed by atoms with Crippen LogP contribution in [0.4, 0.5) is 0 Å². The number of Topliss-reactive ketones (excluding diaryl/α,β-unsaturated/α-hetero) is 1. The van der Waals surface area contributed by atoms with Gasteiger partial charge in [0.2, 0.25) is 6.79 Å². The number of fused-ring (bicyclic) bond motifs is 1.